The summed E-state index contributed by atoms with van der Waals surface area (Å²) < 4.78 is 6.11. The number of rotatable bonds is 5. The third-order valence-corrected chi connectivity index (χ3v) is 6.20. The van der Waals surface area contributed by atoms with E-state index in [4.69, 9.17) is 27.9 Å². The van der Waals surface area contributed by atoms with E-state index in [-0.39, 0.29) is 30.3 Å². The number of carbonyl (C=O) groups excluding carboxylic acids is 1. The summed E-state index contributed by atoms with van der Waals surface area (Å²) in [6, 6.07) is 23.2. The van der Waals surface area contributed by atoms with Crippen LogP contribution in [0.4, 0.5) is 0 Å². The molecule has 3 aromatic rings. The van der Waals surface area contributed by atoms with Crippen LogP contribution in [0.1, 0.15) is 22.0 Å². The zero-order valence-electron chi connectivity index (χ0n) is 17.4. The third-order valence-electron chi connectivity index (χ3n) is 5.46. The lowest BCUT2D eigenvalue weighted by Gasteiger charge is -2.26. The number of carbonyl (C=O) groups is 1. The summed E-state index contributed by atoms with van der Waals surface area (Å²) >= 11 is 12.3. The van der Waals surface area contributed by atoms with Gasteiger partial charge in [-0.25, -0.2) is 0 Å². The fraction of sp³-hybridized carbons (Fsp3) is 0.240. The highest BCUT2D eigenvalue weighted by Crippen LogP contribution is 2.32. The predicted octanol–water partition coefficient (Wildman–Crippen LogP) is 5.79. The second-order valence-electron chi connectivity index (χ2n) is 7.55. The van der Waals surface area contributed by atoms with E-state index in [0.717, 1.165) is 29.8 Å². The summed E-state index contributed by atoms with van der Waals surface area (Å²) in [6.07, 6.45) is -0.186. The van der Waals surface area contributed by atoms with Crippen LogP contribution in [-0.2, 0) is 4.74 Å². The molecule has 1 heterocycles. The van der Waals surface area contributed by atoms with Crippen LogP contribution in [0.2, 0.25) is 10.0 Å². The molecule has 2 atom stereocenters. The first-order chi connectivity index (χ1) is 15.1. The lowest BCUT2D eigenvalue weighted by molar-refractivity contribution is 0.0306. The lowest BCUT2D eigenvalue weighted by atomic mass is 9.94. The Balaban J connectivity index is 0.00000289. The average Bonchev–Trinajstić information content (AvgIpc) is 3.05. The fourth-order valence-corrected chi connectivity index (χ4v) is 4.20. The zero-order valence-corrected chi connectivity index (χ0v) is 19.7. The topological polar surface area (TPSA) is 50.4 Å². The van der Waals surface area contributed by atoms with Crippen LogP contribution >= 0.6 is 35.6 Å². The molecule has 1 aliphatic heterocycles. The maximum absolute atomic E-state index is 13.1. The van der Waals surface area contributed by atoms with E-state index >= 15 is 0 Å². The van der Waals surface area contributed by atoms with Crippen molar-refractivity contribution in [3.8, 4) is 11.1 Å². The van der Waals surface area contributed by atoms with Crippen LogP contribution in [0.25, 0.3) is 11.1 Å². The first-order valence-corrected chi connectivity index (χ1v) is 11.1. The van der Waals surface area contributed by atoms with Crippen molar-refractivity contribution in [2.75, 3.05) is 26.2 Å². The van der Waals surface area contributed by atoms with E-state index in [9.17, 15) is 4.79 Å². The minimum absolute atomic E-state index is 0. The number of hydrogen-bond acceptors (Lipinski definition) is 3. The van der Waals surface area contributed by atoms with Gasteiger partial charge in [-0.2, -0.15) is 0 Å². The second-order valence-corrected chi connectivity index (χ2v) is 8.37. The van der Waals surface area contributed by atoms with Gasteiger partial charge in [-0.05, 0) is 34.9 Å². The molecule has 0 bridgehead atoms. The number of ether oxygens (including phenoxy) is 1. The van der Waals surface area contributed by atoms with E-state index in [1.165, 1.54) is 0 Å². The van der Waals surface area contributed by atoms with Crippen LogP contribution in [0.5, 0.6) is 0 Å². The van der Waals surface area contributed by atoms with Gasteiger partial charge in [0.25, 0.3) is 5.91 Å². The molecule has 168 valence electrons. The van der Waals surface area contributed by atoms with Gasteiger partial charge in [-0.15, -0.1) is 12.4 Å². The molecule has 0 aromatic heterocycles. The van der Waals surface area contributed by atoms with E-state index < -0.39 is 0 Å². The Labute approximate surface area is 204 Å². The molecular formula is C25H25Cl3N2O2. The molecule has 0 aliphatic carbocycles. The van der Waals surface area contributed by atoms with Crippen molar-refractivity contribution in [3.05, 3.63) is 94.0 Å². The number of nitrogens with one attached hydrogen (secondary N) is 2. The molecule has 2 N–H and O–H groups in total. The predicted molar refractivity (Wildman–Crippen MR) is 133 cm³/mol. The molecule has 32 heavy (non-hydrogen) atoms. The molecule has 1 saturated heterocycles. The van der Waals surface area contributed by atoms with Gasteiger partial charge in [0.2, 0.25) is 0 Å². The van der Waals surface area contributed by atoms with Gasteiger partial charge in [0.15, 0.2) is 0 Å². The first kappa shape index (κ1) is 24.6. The van der Waals surface area contributed by atoms with Crippen molar-refractivity contribution in [1.29, 1.82) is 0 Å². The van der Waals surface area contributed by atoms with Gasteiger partial charge < -0.3 is 15.4 Å². The molecular weight excluding hydrogens is 467 g/mol. The van der Waals surface area contributed by atoms with E-state index in [1.807, 2.05) is 66.7 Å². The lowest BCUT2D eigenvalue weighted by Crippen LogP contribution is -2.36. The Kier molecular flexibility index (Phi) is 8.97. The molecule has 4 rings (SSSR count). The Morgan fingerprint density at radius 3 is 2.53 bits per heavy atom. The van der Waals surface area contributed by atoms with Gasteiger partial charge in [-0.1, -0.05) is 77.8 Å². The number of halogens is 3. The Morgan fingerprint density at radius 2 is 1.75 bits per heavy atom. The summed E-state index contributed by atoms with van der Waals surface area (Å²) in [4.78, 5) is 13.1. The normalized spacial score (nSPS) is 18.3. The molecule has 0 saturated carbocycles. The minimum atomic E-state index is -0.186. The molecule has 1 fully saturated rings. The van der Waals surface area contributed by atoms with Crippen molar-refractivity contribution in [3.63, 3.8) is 0 Å². The van der Waals surface area contributed by atoms with Gasteiger partial charge in [-0.3, -0.25) is 4.79 Å². The maximum Gasteiger partial charge on any atom is 0.251 e. The third kappa shape index (κ3) is 5.83. The van der Waals surface area contributed by atoms with Crippen molar-refractivity contribution in [2.24, 2.45) is 5.92 Å². The summed E-state index contributed by atoms with van der Waals surface area (Å²) in [5.41, 5.74) is 3.54. The largest absolute Gasteiger partial charge is 0.372 e. The zero-order chi connectivity index (χ0) is 21.6. The van der Waals surface area contributed by atoms with E-state index in [1.54, 1.807) is 6.07 Å². The Morgan fingerprint density at radius 1 is 1.00 bits per heavy atom. The monoisotopic (exact) mass is 490 g/mol. The van der Waals surface area contributed by atoms with Crippen LogP contribution in [0.3, 0.4) is 0 Å². The van der Waals surface area contributed by atoms with Crippen LogP contribution in [0, 0.1) is 5.92 Å². The van der Waals surface area contributed by atoms with Crippen LogP contribution in [0.15, 0.2) is 72.8 Å². The Hall–Kier alpha value is -2.08. The smallest absolute Gasteiger partial charge is 0.251 e. The molecule has 3 aromatic carbocycles. The maximum atomic E-state index is 13.1. The average molecular weight is 492 g/mol. The molecule has 0 spiro atoms. The van der Waals surface area contributed by atoms with Gasteiger partial charge in [0.05, 0.1) is 22.8 Å². The highest BCUT2D eigenvalue weighted by Gasteiger charge is 2.27. The standard InChI is InChI=1S/C25H24Cl2N2O2.ClH/c26-22-11-10-18(14-23(22)27)24-19(15-28-12-13-31-24)16-29-25(30)21-9-5-4-8-20(21)17-6-2-1-3-7-17;/h1-11,14,19,24,28H,12-13,15-16H2,(H,29,30);1H/t19-,24-;/m0./s1. The minimum Gasteiger partial charge on any atom is -0.372 e. The molecule has 1 amide bonds. The highest BCUT2D eigenvalue weighted by atomic mass is 35.5. The van der Waals surface area contributed by atoms with Gasteiger partial charge in [0.1, 0.15) is 0 Å². The number of amides is 1. The summed E-state index contributed by atoms with van der Waals surface area (Å²) in [7, 11) is 0. The molecule has 4 nitrogen and oxygen atoms in total. The molecule has 7 heteroatoms. The van der Waals surface area contributed by atoms with Crippen molar-refractivity contribution in [1.82, 2.24) is 10.6 Å². The van der Waals surface area contributed by atoms with Crippen molar-refractivity contribution >= 4 is 41.5 Å². The SMILES string of the molecule is Cl.O=C(NC[C@@H]1CNCCO[C@H]1c1ccc(Cl)c(Cl)c1)c1ccccc1-c1ccccc1. The quantitative estimate of drug-likeness (QED) is 0.475. The molecule has 0 radical (unpaired) electrons. The van der Waals surface area contributed by atoms with Crippen LogP contribution < -0.4 is 10.6 Å². The van der Waals surface area contributed by atoms with E-state index in [2.05, 4.69) is 10.6 Å². The molecule has 0 unspecified atom stereocenters. The fourth-order valence-electron chi connectivity index (χ4n) is 3.90. The number of benzene rings is 3. The Bertz CT molecular complexity index is 1050. The van der Waals surface area contributed by atoms with Gasteiger partial charge >= 0.3 is 0 Å². The second kappa shape index (κ2) is 11.7. The van der Waals surface area contributed by atoms with Crippen molar-refractivity contribution < 1.29 is 9.53 Å². The number of hydrogen-bond donors (Lipinski definition) is 2. The highest BCUT2D eigenvalue weighted by molar-refractivity contribution is 6.42. The molecule has 1 aliphatic rings. The summed E-state index contributed by atoms with van der Waals surface area (Å²) in [6.45, 7) is 2.55. The van der Waals surface area contributed by atoms with Crippen molar-refractivity contribution in [2.45, 2.75) is 6.10 Å². The van der Waals surface area contributed by atoms with E-state index in [0.29, 0.717) is 28.8 Å². The first-order valence-electron chi connectivity index (χ1n) is 10.3. The summed E-state index contributed by atoms with van der Waals surface area (Å²) in [5, 5.41) is 7.52. The van der Waals surface area contributed by atoms with Gasteiger partial charge in [0, 0.05) is 31.1 Å². The van der Waals surface area contributed by atoms with Crippen LogP contribution in [-0.4, -0.2) is 32.1 Å². The summed E-state index contributed by atoms with van der Waals surface area (Å²) in [5.74, 6) is -0.0517.